The van der Waals surface area contributed by atoms with Crippen LogP contribution in [0.3, 0.4) is 0 Å². The van der Waals surface area contributed by atoms with E-state index in [0.717, 1.165) is 30.4 Å². The van der Waals surface area contributed by atoms with Gasteiger partial charge < -0.3 is 10.4 Å². The number of hydrogen-bond donors (Lipinski definition) is 2. The van der Waals surface area contributed by atoms with Crippen molar-refractivity contribution in [2.45, 2.75) is 26.2 Å². The Balaban J connectivity index is 1.87. The molecule has 0 spiro atoms. The summed E-state index contributed by atoms with van der Waals surface area (Å²) in [6.45, 7) is 2.86. The number of rotatable bonds is 5. The summed E-state index contributed by atoms with van der Waals surface area (Å²) in [5.74, 6) is 0.0166. The average molecular weight is 239 g/mol. The Morgan fingerprint density at radius 2 is 2.31 bits per heavy atom. The molecule has 0 aromatic carbocycles. The minimum Gasteiger partial charge on any atom is -0.396 e. The zero-order valence-electron chi connectivity index (χ0n) is 9.45. The minimum absolute atomic E-state index is 0.0166. The third-order valence-corrected chi connectivity index (χ3v) is 4.18. The molecule has 88 valence electrons. The van der Waals surface area contributed by atoms with Crippen LogP contribution >= 0.6 is 11.3 Å². The molecule has 1 heterocycles. The molecule has 1 saturated carbocycles. The molecule has 1 aromatic rings. The van der Waals surface area contributed by atoms with Crippen LogP contribution in [0.5, 0.6) is 0 Å². The van der Waals surface area contributed by atoms with Crippen molar-refractivity contribution in [2.75, 3.05) is 13.2 Å². The number of carbonyl (C=O) groups is 1. The fourth-order valence-corrected chi connectivity index (χ4v) is 2.71. The Kier molecular flexibility index (Phi) is 3.30. The molecule has 1 aliphatic rings. The van der Waals surface area contributed by atoms with E-state index in [1.54, 1.807) is 11.3 Å². The summed E-state index contributed by atoms with van der Waals surface area (Å²) in [7, 11) is 0. The lowest BCUT2D eigenvalue weighted by molar-refractivity contribution is 0.0940. The largest absolute Gasteiger partial charge is 0.396 e. The van der Waals surface area contributed by atoms with Crippen molar-refractivity contribution in [2.24, 2.45) is 5.41 Å². The summed E-state index contributed by atoms with van der Waals surface area (Å²) in [6.07, 6.45) is 3.04. The molecule has 4 heteroatoms. The van der Waals surface area contributed by atoms with Crippen molar-refractivity contribution < 1.29 is 9.90 Å². The molecule has 0 radical (unpaired) electrons. The van der Waals surface area contributed by atoms with Crippen LogP contribution in [0.4, 0.5) is 0 Å². The fourth-order valence-electron chi connectivity index (χ4n) is 1.89. The van der Waals surface area contributed by atoms with Crippen LogP contribution in [0.1, 0.15) is 35.2 Å². The molecule has 0 aliphatic heterocycles. The maximum absolute atomic E-state index is 11.8. The van der Waals surface area contributed by atoms with Gasteiger partial charge in [-0.05, 0) is 42.5 Å². The molecule has 1 fully saturated rings. The normalized spacial score (nSPS) is 17.1. The van der Waals surface area contributed by atoms with Crippen molar-refractivity contribution in [3.63, 3.8) is 0 Å². The average Bonchev–Trinajstić information content (AvgIpc) is 2.89. The Morgan fingerprint density at radius 1 is 1.56 bits per heavy atom. The molecule has 3 nitrogen and oxygen atoms in total. The van der Waals surface area contributed by atoms with Crippen LogP contribution in [0.15, 0.2) is 10.8 Å². The minimum atomic E-state index is 0.0166. The highest BCUT2D eigenvalue weighted by molar-refractivity contribution is 7.08. The fraction of sp³-hybridized carbons (Fsp3) is 0.583. The summed E-state index contributed by atoms with van der Waals surface area (Å²) in [4.78, 5) is 11.8. The molecule has 0 atom stereocenters. The Morgan fingerprint density at radius 3 is 2.81 bits per heavy atom. The van der Waals surface area contributed by atoms with E-state index >= 15 is 0 Å². The van der Waals surface area contributed by atoms with Crippen LogP contribution in [0, 0.1) is 12.3 Å². The number of aliphatic hydroxyl groups is 1. The van der Waals surface area contributed by atoms with E-state index in [2.05, 4.69) is 5.32 Å². The molecule has 1 aliphatic carbocycles. The van der Waals surface area contributed by atoms with Gasteiger partial charge in [-0.2, -0.15) is 11.3 Å². The highest BCUT2D eigenvalue weighted by Crippen LogP contribution is 2.47. The summed E-state index contributed by atoms with van der Waals surface area (Å²) >= 11 is 1.55. The van der Waals surface area contributed by atoms with Crippen LogP contribution < -0.4 is 5.32 Å². The first kappa shape index (κ1) is 11.6. The van der Waals surface area contributed by atoms with Crippen LogP contribution in [-0.2, 0) is 0 Å². The van der Waals surface area contributed by atoms with E-state index in [1.165, 1.54) is 0 Å². The summed E-state index contributed by atoms with van der Waals surface area (Å²) in [6, 6.07) is 0. The van der Waals surface area contributed by atoms with E-state index in [0.29, 0.717) is 6.54 Å². The van der Waals surface area contributed by atoms with E-state index in [-0.39, 0.29) is 17.9 Å². The topological polar surface area (TPSA) is 49.3 Å². The van der Waals surface area contributed by atoms with Gasteiger partial charge in [0.2, 0.25) is 0 Å². The molecule has 1 aromatic heterocycles. The van der Waals surface area contributed by atoms with Crippen molar-refractivity contribution in [1.82, 2.24) is 5.32 Å². The molecule has 16 heavy (non-hydrogen) atoms. The first-order valence-electron chi connectivity index (χ1n) is 5.59. The van der Waals surface area contributed by atoms with E-state index in [1.807, 2.05) is 17.7 Å². The second-order valence-corrected chi connectivity index (χ2v) is 5.37. The molecule has 1 amide bonds. The van der Waals surface area contributed by atoms with Gasteiger partial charge in [0, 0.05) is 18.5 Å². The monoisotopic (exact) mass is 239 g/mol. The van der Waals surface area contributed by atoms with Crippen molar-refractivity contribution >= 4 is 17.2 Å². The standard InChI is InChI=1S/C12H17NO2S/c1-9-6-16-7-10(9)11(15)13-8-12(2-3-12)4-5-14/h6-7,14H,2-5,8H2,1H3,(H,13,15). The van der Waals surface area contributed by atoms with Gasteiger partial charge in [-0.25, -0.2) is 0 Å². The van der Waals surface area contributed by atoms with E-state index in [9.17, 15) is 4.79 Å². The SMILES string of the molecule is Cc1cscc1C(=O)NCC1(CCO)CC1. The maximum Gasteiger partial charge on any atom is 0.252 e. The zero-order valence-corrected chi connectivity index (χ0v) is 10.3. The van der Waals surface area contributed by atoms with Gasteiger partial charge in [0.15, 0.2) is 0 Å². The Hall–Kier alpha value is -0.870. The third kappa shape index (κ3) is 2.44. The van der Waals surface area contributed by atoms with Crippen LogP contribution in [0.25, 0.3) is 0 Å². The predicted octanol–water partition coefficient (Wildman–Crippen LogP) is 1.95. The van der Waals surface area contributed by atoms with E-state index < -0.39 is 0 Å². The van der Waals surface area contributed by atoms with E-state index in [4.69, 9.17) is 5.11 Å². The third-order valence-electron chi connectivity index (χ3n) is 3.32. The number of nitrogens with one attached hydrogen (secondary N) is 1. The lowest BCUT2D eigenvalue weighted by atomic mass is 10.0. The first-order valence-corrected chi connectivity index (χ1v) is 6.53. The lowest BCUT2D eigenvalue weighted by Crippen LogP contribution is -2.30. The molecule has 2 rings (SSSR count). The molecular weight excluding hydrogens is 222 g/mol. The lowest BCUT2D eigenvalue weighted by Gasteiger charge is -2.14. The van der Waals surface area contributed by atoms with Gasteiger partial charge in [-0.1, -0.05) is 0 Å². The number of amides is 1. The molecule has 0 unspecified atom stereocenters. The van der Waals surface area contributed by atoms with Gasteiger partial charge in [-0.15, -0.1) is 0 Å². The molecule has 2 N–H and O–H groups in total. The van der Waals surface area contributed by atoms with Gasteiger partial charge in [0.25, 0.3) is 5.91 Å². The molecule has 0 saturated heterocycles. The quantitative estimate of drug-likeness (QED) is 0.825. The van der Waals surface area contributed by atoms with Gasteiger partial charge in [-0.3, -0.25) is 4.79 Å². The summed E-state index contributed by atoms with van der Waals surface area (Å²) in [5, 5.41) is 15.8. The number of thiophene rings is 1. The first-order chi connectivity index (χ1) is 7.67. The van der Waals surface area contributed by atoms with Gasteiger partial charge in [0.05, 0.1) is 5.56 Å². The van der Waals surface area contributed by atoms with Crippen LogP contribution in [-0.4, -0.2) is 24.2 Å². The number of aliphatic hydroxyl groups excluding tert-OH is 1. The Labute approximate surface area is 99.5 Å². The van der Waals surface area contributed by atoms with Crippen molar-refractivity contribution in [3.05, 3.63) is 21.9 Å². The smallest absolute Gasteiger partial charge is 0.252 e. The highest BCUT2D eigenvalue weighted by Gasteiger charge is 2.41. The Bertz CT molecular complexity index is 382. The summed E-state index contributed by atoms with van der Waals surface area (Å²) in [5.41, 5.74) is 2.01. The van der Waals surface area contributed by atoms with Gasteiger partial charge in [0.1, 0.15) is 0 Å². The maximum atomic E-state index is 11.8. The molecule has 0 bridgehead atoms. The highest BCUT2D eigenvalue weighted by atomic mass is 32.1. The number of aryl methyl sites for hydroxylation is 1. The van der Waals surface area contributed by atoms with Crippen LogP contribution in [0.2, 0.25) is 0 Å². The summed E-state index contributed by atoms with van der Waals surface area (Å²) < 4.78 is 0. The zero-order chi connectivity index (χ0) is 11.6. The molecular formula is C12H17NO2S. The second kappa shape index (κ2) is 4.55. The second-order valence-electron chi connectivity index (χ2n) is 4.62. The van der Waals surface area contributed by atoms with Crippen molar-refractivity contribution in [3.8, 4) is 0 Å². The van der Waals surface area contributed by atoms with Crippen molar-refractivity contribution in [1.29, 1.82) is 0 Å². The number of hydrogen-bond acceptors (Lipinski definition) is 3. The number of carbonyl (C=O) groups excluding carboxylic acids is 1. The predicted molar refractivity (Wildman–Crippen MR) is 64.8 cm³/mol. The van der Waals surface area contributed by atoms with Gasteiger partial charge >= 0.3 is 0 Å².